The van der Waals surface area contributed by atoms with Gasteiger partial charge >= 0.3 is 0 Å². The van der Waals surface area contributed by atoms with Gasteiger partial charge in [0.15, 0.2) is 0 Å². The van der Waals surface area contributed by atoms with Crippen molar-refractivity contribution in [3.63, 3.8) is 0 Å². The van der Waals surface area contributed by atoms with Crippen LogP contribution < -0.4 is 5.32 Å². The van der Waals surface area contributed by atoms with E-state index in [0.717, 1.165) is 49.7 Å². The van der Waals surface area contributed by atoms with Crippen LogP contribution in [0.4, 0.5) is 5.82 Å². The zero-order valence-electron chi connectivity index (χ0n) is 14.4. The average molecular weight is 331 g/mol. The topological polar surface area (TPSA) is 76.3 Å². The lowest BCUT2D eigenvalue weighted by Gasteiger charge is -2.20. The van der Waals surface area contributed by atoms with E-state index in [1.165, 1.54) is 6.42 Å². The molecule has 3 rings (SSSR count). The first kappa shape index (κ1) is 16.9. The van der Waals surface area contributed by atoms with E-state index in [4.69, 9.17) is 9.26 Å². The van der Waals surface area contributed by atoms with Crippen LogP contribution in [0.25, 0.3) is 11.4 Å². The van der Waals surface area contributed by atoms with Crippen molar-refractivity contribution >= 4 is 5.82 Å². The summed E-state index contributed by atoms with van der Waals surface area (Å²) in [4.78, 5) is 11.4. The molecule has 1 N–H and O–H groups in total. The molecule has 1 aliphatic heterocycles. The van der Waals surface area contributed by atoms with Crippen molar-refractivity contribution in [1.29, 1.82) is 0 Å². The average Bonchev–Trinajstić information content (AvgIpc) is 3.25. The number of nitrogens with zero attached hydrogens (tertiary/aromatic N) is 4. The molecule has 0 amide bonds. The van der Waals surface area contributed by atoms with Crippen LogP contribution in [0.5, 0.6) is 0 Å². The van der Waals surface area contributed by atoms with Crippen LogP contribution >= 0.6 is 0 Å². The maximum atomic E-state index is 5.53. The molecule has 0 aromatic carbocycles. The van der Waals surface area contributed by atoms with Crippen molar-refractivity contribution in [2.75, 3.05) is 38.7 Å². The van der Waals surface area contributed by atoms with Crippen molar-refractivity contribution < 1.29 is 9.26 Å². The zero-order valence-corrected chi connectivity index (χ0v) is 14.4. The zero-order chi connectivity index (χ0) is 16.8. The predicted molar refractivity (Wildman–Crippen MR) is 91.7 cm³/mol. The molecule has 0 aliphatic carbocycles. The van der Waals surface area contributed by atoms with Gasteiger partial charge in [-0.15, -0.1) is 0 Å². The Bertz CT molecular complexity index is 628. The number of aromatic nitrogens is 3. The summed E-state index contributed by atoms with van der Waals surface area (Å²) in [6.07, 6.45) is 5.18. The quantitative estimate of drug-likeness (QED) is 0.745. The third-order valence-electron chi connectivity index (χ3n) is 4.24. The van der Waals surface area contributed by atoms with Crippen molar-refractivity contribution in [2.24, 2.45) is 0 Å². The molecule has 2 aromatic rings. The Morgan fingerprint density at radius 1 is 1.42 bits per heavy atom. The molecule has 3 heterocycles. The minimum Gasteiger partial charge on any atom is -0.383 e. The van der Waals surface area contributed by atoms with Gasteiger partial charge in [0.05, 0.1) is 12.6 Å². The summed E-state index contributed by atoms with van der Waals surface area (Å²) in [5, 5.41) is 7.32. The first-order valence-electron chi connectivity index (χ1n) is 8.58. The van der Waals surface area contributed by atoms with Gasteiger partial charge in [-0.05, 0) is 44.5 Å². The molecule has 1 atom stereocenters. The van der Waals surface area contributed by atoms with Gasteiger partial charge in [-0.3, -0.25) is 4.90 Å². The number of methoxy groups -OCH3 is 1. The van der Waals surface area contributed by atoms with E-state index in [-0.39, 0.29) is 6.04 Å². The van der Waals surface area contributed by atoms with Crippen molar-refractivity contribution in [3.05, 3.63) is 24.2 Å². The highest BCUT2D eigenvalue weighted by molar-refractivity contribution is 5.55. The van der Waals surface area contributed by atoms with E-state index in [2.05, 4.69) is 32.3 Å². The summed E-state index contributed by atoms with van der Waals surface area (Å²) in [5.74, 6) is 2.13. The molecule has 130 valence electrons. The fourth-order valence-corrected chi connectivity index (χ4v) is 3.06. The number of rotatable bonds is 8. The first-order valence-corrected chi connectivity index (χ1v) is 8.58. The predicted octanol–water partition coefficient (Wildman–Crippen LogP) is 2.74. The third-order valence-corrected chi connectivity index (χ3v) is 4.24. The van der Waals surface area contributed by atoms with E-state index in [0.29, 0.717) is 12.4 Å². The lowest BCUT2D eigenvalue weighted by molar-refractivity contribution is 0.208. The van der Waals surface area contributed by atoms with Crippen LogP contribution in [0.2, 0.25) is 0 Å². The van der Waals surface area contributed by atoms with Gasteiger partial charge in [0.2, 0.25) is 11.7 Å². The second-order valence-electron chi connectivity index (χ2n) is 6.00. The number of anilines is 1. The SMILES string of the molecule is CCCN1CCC[C@H]1c1nc(-c2ccc(NCCOC)nc2)no1. The Kier molecular flexibility index (Phi) is 5.77. The molecule has 0 saturated carbocycles. The number of likely N-dealkylation sites (tertiary alicyclic amines) is 1. The Morgan fingerprint density at radius 2 is 2.33 bits per heavy atom. The Hall–Kier alpha value is -1.99. The molecule has 7 heteroatoms. The highest BCUT2D eigenvalue weighted by Crippen LogP contribution is 2.31. The minimum atomic E-state index is 0.258. The number of hydrogen-bond acceptors (Lipinski definition) is 7. The van der Waals surface area contributed by atoms with Crippen LogP contribution in [0.15, 0.2) is 22.9 Å². The van der Waals surface area contributed by atoms with E-state index in [9.17, 15) is 0 Å². The molecule has 1 fully saturated rings. The van der Waals surface area contributed by atoms with Crippen molar-refractivity contribution in [1.82, 2.24) is 20.0 Å². The Labute approximate surface area is 142 Å². The molecule has 1 aliphatic rings. The molecule has 0 bridgehead atoms. The molecular weight excluding hydrogens is 306 g/mol. The smallest absolute Gasteiger partial charge is 0.244 e. The molecule has 0 unspecified atom stereocenters. The molecule has 0 radical (unpaired) electrons. The van der Waals surface area contributed by atoms with Gasteiger partial charge in [0, 0.05) is 25.4 Å². The highest BCUT2D eigenvalue weighted by Gasteiger charge is 2.30. The fraction of sp³-hybridized carbons (Fsp3) is 0.588. The van der Waals surface area contributed by atoms with E-state index in [1.54, 1.807) is 13.3 Å². The maximum Gasteiger partial charge on any atom is 0.244 e. The second kappa shape index (κ2) is 8.21. The van der Waals surface area contributed by atoms with Gasteiger partial charge < -0.3 is 14.6 Å². The van der Waals surface area contributed by atoms with Gasteiger partial charge in [-0.1, -0.05) is 12.1 Å². The van der Waals surface area contributed by atoms with E-state index < -0.39 is 0 Å². The standard InChI is InChI=1S/C17H25N5O2/c1-3-9-22-10-4-5-14(22)17-20-16(21-24-17)13-6-7-15(19-12-13)18-8-11-23-2/h6-7,12,14H,3-5,8-11H2,1-2H3,(H,18,19)/t14-/m0/s1. The van der Waals surface area contributed by atoms with Gasteiger partial charge in [-0.25, -0.2) is 4.98 Å². The number of ether oxygens (including phenoxy) is 1. The van der Waals surface area contributed by atoms with Crippen LogP contribution in [0, 0.1) is 0 Å². The summed E-state index contributed by atoms with van der Waals surface area (Å²) >= 11 is 0. The summed E-state index contributed by atoms with van der Waals surface area (Å²) in [5.41, 5.74) is 0.863. The number of pyridine rings is 1. The molecule has 1 saturated heterocycles. The fourth-order valence-electron chi connectivity index (χ4n) is 3.06. The molecular formula is C17H25N5O2. The van der Waals surface area contributed by atoms with Gasteiger partial charge in [0.25, 0.3) is 0 Å². The van der Waals surface area contributed by atoms with Crippen LogP contribution in [-0.4, -0.2) is 53.4 Å². The van der Waals surface area contributed by atoms with Crippen molar-refractivity contribution in [2.45, 2.75) is 32.2 Å². The van der Waals surface area contributed by atoms with Crippen LogP contribution in [-0.2, 0) is 4.74 Å². The first-order chi connectivity index (χ1) is 11.8. The molecule has 24 heavy (non-hydrogen) atoms. The number of hydrogen-bond donors (Lipinski definition) is 1. The second-order valence-corrected chi connectivity index (χ2v) is 6.00. The lowest BCUT2D eigenvalue weighted by atomic mass is 10.2. The summed E-state index contributed by atoms with van der Waals surface area (Å²) in [7, 11) is 1.68. The molecule has 2 aromatic heterocycles. The van der Waals surface area contributed by atoms with E-state index >= 15 is 0 Å². The summed E-state index contributed by atoms with van der Waals surface area (Å²) in [6, 6.07) is 4.13. The third kappa shape index (κ3) is 3.91. The van der Waals surface area contributed by atoms with E-state index in [1.807, 2.05) is 12.1 Å². The number of nitrogens with one attached hydrogen (secondary N) is 1. The van der Waals surface area contributed by atoms with Gasteiger partial charge in [-0.2, -0.15) is 4.98 Å². The largest absolute Gasteiger partial charge is 0.383 e. The molecule has 7 nitrogen and oxygen atoms in total. The highest BCUT2D eigenvalue weighted by atomic mass is 16.5. The maximum absolute atomic E-state index is 5.53. The van der Waals surface area contributed by atoms with Crippen molar-refractivity contribution in [3.8, 4) is 11.4 Å². The Balaban J connectivity index is 1.66. The molecule has 0 spiro atoms. The normalized spacial score (nSPS) is 18.2. The Morgan fingerprint density at radius 3 is 3.08 bits per heavy atom. The van der Waals surface area contributed by atoms with Crippen LogP contribution in [0.3, 0.4) is 0 Å². The monoisotopic (exact) mass is 331 g/mol. The summed E-state index contributed by atoms with van der Waals surface area (Å²) in [6.45, 7) is 5.76. The van der Waals surface area contributed by atoms with Gasteiger partial charge in [0.1, 0.15) is 5.82 Å². The van der Waals surface area contributed by atoms with Crippen LogP contribution in [0.1, 0.15) is 38.1 Å². The minimum absolute atomic E-state index is 0.258. The lowest BCUT2D eigenvalue weighted by Crippen LogP contribution is -2.24. The summed E-state index contributed by atoms with van der Waals surface area (Å²) < 4.78 is 10.5.